The minimum absolute atomic E-state index is 0. The molecule has 1 aliphatic rings. The van der Waals surface area contributed by atoms with Crippen LogP contribution >= 0.6 is 35.6 Å². The molecule has 5 nitrogen and oxygen atoms in total. The predicted octanol–water partition coefficient (Wildman–Crippen LogP) is 4.10. The third kappa shape index (κ3) is 4.32. The monoisotopic (exact) mass is 427 g/mol. The van der Waals surface area contributed by atoms with Crippen molar-refractivity contribution in [1.29, 1.82) is 0 Å². The Morgan fingerprint density at radius 3 is 2.63 bits per heavy atom. The molecule has 1 atom stereocenters. The van der Waals surface area contributed by atoms with Gasteiger partial charge >= 0.3 is 0 Å². The molecule has 0 aromatic heterocycles. The molecule has 0 saturated heterocycles. The average Bonchev–Trinajstić information content (AvgIpc) is 2.63. The molecule has 27 heavy (non-hydrogen) atoms. The van der Waals surface area contributed by atoms with Crippen molar-refractivity contribution in [2.45, 2.75) is 25.8 Å². The highest BCUT2D eigenvalue weighted by molar-refractivity contribution is 6.43. The zero-order valence-electron chi connectivity index (χ0n) is 14.7. The number of amides is 2. The topological polar surface area (TPSA) is 75.4 Å². The molecule has 2 aromatic rings. The molecule has 1 heterocycles. The van der Waals surface area contributed by atoms with E-state index in [1.807, 2.05) is 18.2 Å². The van der Waals surface area contributed by atoms with E-state index >= 15 is 0 Å². The maximum absolute atomic E-state index is 12.9. The molecule has 144 valence electrons. The van der Waals surface area contributed by atoms with Crippen LogP contribution in [0.5, 0.6) is 0 Å². The van der Waals surface area contributed by atoms with Crippen molar-refractivity contribution in [2.24, 2.45) is 0 Å². The van der Waals surface area contributed by atoms with E-state index in [4.69, 9.17) is 28.9 Å². The molecule has 3 rings (SSSR count). The molecule has 0 aliphatic carbocycles. The molecule has 1 aliphatic heterocycles. The molecule has 0 spiro atoms. The molecule has 0 fully saturated rings. The summed E-state index contributed by atoms with van der Waals surface area (Å²) in [5.41, 5.74) is 8.74. The van der Waals surface area contributed by atoms with Gasteiger partial charge in [0.25, 0.3) is 5.91 Å². The number of nitrogens with one attached hydrogen (secondary N) is 1. The first kappa shape index (κ1) is 21.4. The first-order valence-corrected chi connectivity index (χ1v) is 9.09. The van der Waals surface area contributed by atoms with Crippen molar-refractivity contribution in [2.75, 3.05) is 17.2 Å². The highest BCUT2D eigenvalue weighted by atomic mass is 35.5. The summed E-state index contributed by atoms with van der Waals surface area (Å²) in [5.74, 6) is -0.633. The van der Waals surface area contributed by atoms with Gasteiger partial charge in [0.05, 0.1) is 15.6 Å². The standard InChI is InChI=1S/C19H19Cl2N3O2.ClH/c1-11(23-18(25)13-5-2-7-14(20)17(13)21)19(26)24-10-4-6-12-15(22)8-3-9-16(12)24;/h2-3,5,7-9,11H,4,6,10,22H2,1H3,(H,23,25);1H. The predicted molar refractivity (Wildman–Crippen MR) is 112 cm³/mol. The highest BCUT2D eigenvalue weighted by Crippen LogP contribution is 2.31. The number of hydrogen-bond acceptors (Lipinski definition) is 3. The number of fused-ring (bicyclic) bond motifs is 1. The van der Waals surface area contributed by atoms with Crippen LogP contribution in [0, 0.1) is 0 Å². The highest BCUT2D eigenvalue weighted by Gasteiger charge is 2.28. The van der Waals surface area contributed by atoms with Gasteiger partial charge in [0.1, 0.15) is 6.04 Å². The summed E-state index contributed by atoms with van der Waals surface area (Å²) in [6, 6.07) is 9.63. The minimum Gasteiger partial charge on any atom is -0.398 e. The molecule has 8 heteroatoms. The summed E-state index contributed by atoms with van der Waals surface area (Å²) in [6.45, 7) is 2.24. The smallest absolute Gasteiger partial charge is 0.253 e. The Labute approximate surface area is 174 Å². The van der Waals surface area contributed by atoms with Crippen molar-refractivity contribution < 1.29 is 9.59 Å². The molecular formula is C19H20Cl3N3O2. The normalized spacial score (nSPS) is 14.0. The summed E-state index contributed by atoms with van der Waals surface area (Å²) < 4.78 is 0. The van der Waals surface area contributed by atoms with E-state index < -0.39 is 11.9 Å². The lowest BCUT2D eigenvalue weighted by atomic mass is 9.99. The number of benzene rings is 2. The molecular weight excluding hydrogens is 409 g/mol. The lowest BCUT2D eigenvalue weighted by Crippen LogP contribution is -2.48. The van der Waals surface area contributed by atoms with Crippen LogP contribution in [0.15, 0.2) is 36.4 Å². The summed E-state index contributed by atoms with van der Waals surface area (Å²) in [5, 5.41) is 3.16. The van der Waals surface area contributed by atoms with Crippen LogP contribution in [0.2, 0.25) is 10.0 Å². The molecule has 0 radical (unpaired) electrons. The average molecular weight is 429 g/mol. The summed E-state index contributed by atoms with van der Waals surface area (Å²) in [7, 11) is 0. The van der Waals surface area contributed by atoms with E-state index in [0.29, 0.717) is 17.3 Å². The first-order chi connectivity index (χ1) is 12.4. The lowest BCUT2D eigenvalue weighted by molar-refractivity contribution is -0.120. The number of carbonyl (C=O) groups is 2. The fourth-order valence-electron chi connectivity index (χ4n) is 3.13. The number of hydrogen-bond donors (Lipinski definition) is 2. The van der Waals surface area contributed by atoms with Gasteiger partial charge in [-0.05, 0) is 49.6 Å². The van der Waals surface area contributed by atoms with Crippen molar-refractivity contribution in [1.82, 2.24) is 5.32 Å². The number of nitrogens with zero attached hydrogens (tertiary/aromatic N) is 1. The Morgan fingerprint density at radius 2 is 1.89 bits per heavy atom. The van der Waals surface area contributed by atoms with E-state index in [2.05, 4.69) is 5.32 Å². The van der Waals surface area contributed by atoms with Crippen LogP contribution in [0.1, 0.15) is 29.3 Å². The van der Waals surface area contributed by atoms with Gasteiger partial charge in [-0.2, -0.15) is 0 Å². The van der Waals surface area contributed by atoms with Gasteiger partial charge in [-0.1, -0.05) is 35.3 Å². The Morgan fingerprint density at radius 1 is 1.19 bits per heavy atom. The van der Waals surface area contributed by atoms with Crippen molar-refractivity contribution in [3.63, 3.8) is 0 Å². The second kappa shape index (κ2) is 8.83. The van der Waals surface area contributed by atoms with Crippen molar-refractivity contribution >= 4 is 58.8 Å². The number of nitrogens with two attached hydrogens (primary N) is 1. The van der Waals surface area contributed by atoms with Crippen LogP contribution in [-0.2, 0) is 11.2 Å². The molecule has 3 N–H and O–H groups in total. The van der Waals surface area contributed by atoms with Gasteiger partial charge in [-0.25, -0.2) is 0 Å². The van der Waals surface area contributed by atoms with Gasteiger partial charge in [-0.15, -0.1) is 12.4 Å². The van der Waals surface area contributed by atoms with Gasteiger partial charge in [0.2, 0.25) is 5.91 Å². The number of rotatable bonds is 3. The Bertz CT molecular complexity index is 873. The Balaban J connectivity index is 0.00000261. The van der Waals surface area contributed by atoms with Gasteiger partial charge in [0, 0.05) is 17.9 Å². The van der Waals surface area contributed by atoms with Gasteiger partial charge in [-0.3, -0.25) is 9.59 Å². The zero-order chi connectivity index (χ0) is 18.8. The van der Waals surface area contributed by atoms with E-state index in [9.17, 15) is 9.59 Å². The van der Waals surface area contributed by atoms with E-state index in [0.717, 1.165) is 24.1 Å². The number of carbonyl (C=O) groups excluding carboxylic acids is 2. The summed E-state index contributed by atoms with van der Waals surface area (Å²) in [6.07, 6.45) is 1.67. The fraction of sp³-hybridized carbons (Fsp3) is 0.263. The maximum atomic E-state index is 12.9. The number of anilines is 2. The SMILES string of the molecule is CC(NC(=O)c1cccc(Cl)c1Cl)C(=O)N1CCCc2c(N)cccc21.Cl. The first-order valence-electron chi connectivity index (χ1n) is 8.33. The largest absolute Gasteiger partial charge is 0.398 e. The van der Waals surface area contributed by atoms with Crippen LogP contribution in [0.25, 0.3) is 0 Å². The van der Waals surface area contributed by atoms with Crippen molar-refractivity contribution in [3.8, 4) is 0 Å². The summed E-state index contributed by atoms with van der Waals surface area (Å²) in [4.78, 5) is 27.1. The lowest BCUT2D eigenvalue weighted by Gasteiger charge is -2.32. The van der Waals surface area contributed by atoms with E-state index in [1.165, 1.54) is 0 Å². The van der Waals surface area contributed by atoms with Crippen LogP contribution in [0.4, 0.5) is 11.4 Å². The second-order valence-corrected chi connectivity index (χ2v) is 7.02. The molecule has 1 unspecified atom stereocenters. The fourth-order valence-corrected chi connectivity index (χ4v) is 3.52. The van der Waals surface area contributed by atoms with Gasteiger partial charge < -0.3 is 16.0 Å². The second-order valence-electron chi connectivity index (χ2n) is 6.23. The Kier molecular flexibility index (Phi) is 6.98. The maximum Gasteiger partial charge on any atom is 0.253 e. The molecule has 2 aromatic carbocycles. The third-order valence-corrected chi connectivity index (χ3v) is 5.29. The number of nitrogen functional groups attached to an aromatic ring is 1. The van der Waals surface area contributed by atoms with Crippen LogP contribution < -0.4 is 16.0 Å². The zero-order valence-corrected chi connectivity index (χ0v) is 17.0. The third-order valence-electron chi connectivity index (χ3n) is 4.47. The minimum atomic E-state index is -0.718. The molecule has 0 bridgehead atoms. The molecule has 0 saturated carbocycles. The summed E-state index contributed by atoms with van der Waals surface area (Å²) >= 11 is 12.0. The Hall–Kier alpha value is -1.95. The van der Waals surface area contributed by atoms with Crippen molar-refractivity contribution in [3.05, 3.63) is 57.6 Å². The van der Waals surface area contributed by atoms with Crippen LogP contribution in [0.3, 0.4) is 0 Å². The van der Waals surface area contributed by atoms with Crippen LogP contribution in [-0.4, -0.2) is 24.4 Å². The van der Waals surface area contributed by atoms with E-state index in [-0.39, 0.29) is 28.9 Å². The van der Waals surface area contributed by atoms with E-state index in [1.54, 1.807) is 30.0 Å². The van der Waals surface area contributed by atoms with Gasteiger partial charge in [0.15, 0.2) is 0 Å². The quantitative estimate of drug-likeness (QED) is 0.723. The number of halogens is 3. The molecule has 2 amide bonds.